The molecular weight excluding hydrogens is 246 g/mol. The first-order valence-electron chi connectivity index (χ1n) is 6.48. The fourth-order valence-corrected chi connectivity index (χ4v) is 3.58. The predicted octanol–water partition coefficient (Wildman–Crippen LogP) is 1.97. The summed E-state index contributed by atoms with van der Waals surface area (Å²) in [6, 6.07) is 0. The van der Waals surface area contributed by atoms with E-state index >= 15 is 0 Å². The molecule has 2 aromatic heterocycles. The normalized spacial score (nSPS) is 21.8. The van der Waals surface area contributed by atoms with Crippen LogP contribution in [0.3, 0.4) is 0 Å². The first-order valence-corrected chi connectivity index (χ1v) is 7.29. The summed E-state index contributed by atoms with van der Waals surface area (Å²) in [6.07, 6.45) is 4.03. The van der Waals surface area contributed by atoms with Crippen molar-refractivity contribution < 1.29 is 5.11 Å². The molecule has 0 bridgehead atoms. The lowest BCUT2D eigenvalue weighted by Gasteiger charge is -2.29. The third kappa shape index (κ3) is 2.18. The first kappa shape index (κ1) is 12.1. The fraction of sp³-hybridized carbons (Fsp3) is 0.615. The van der Waals surface area contributed by atoms with Crippen LogP contribution in [0.5, 0.6) is 0 Å². The Morgan fingerprint density at radius 1 is 1.50 bits per heavy atom. The van der Waals surface area contributed by atoms with Crippen LogP contribution in [0.25, 0.3) is 4.96 Å². The van der Waals surface area contributed by atoms with Crippen molar-refractivity contribution in [3.05, 3.63) is 22.5 Å². The molecular formula is C13H19N3OS. The van der Waals surface area contributed by atoms with Crippen molar-refractivity contribution >= 4 is 16.3 Å². The predicted molar refractivity (Wildman–Crippen MR) is 73.1 cm³/mol. The minimum absolute atomic E-state index is 0.160. The van der Waals surface area contributed by atoms with Gasteiger partial charge in [0, 0.05) is 24.2 Å². The number of imidazole rings is 1. The lowest BCUT2D eigenvalue weighted by atomic mass is 10.1. The zero-order valence-corrected chi connectivity index (χ0v) is 11.7. The van der Waals surface area contributed by atoms with Crippen molar-refractivity contribution in [1.82, 2.24) is 14.3 Å². The van der Waals surface area contributed by atoms with Gasteiger partial charge in [-0.15, -0.1) is 11.3 Å². The van der Waals surface area contributed by atoms with Gasteiger partial charge < -0.3 is 5.11 Å². The minimum Gasteiger partial charge on any atom is -0.392 e. The number of aromatic nitrogens is 2. The van der Waals surface area contributed by atoms with E-state index in [4.69, 9.17) is 0 Å². The van der Waals surface area contributed by atoms with Gasteiger partial charge in [0.1, 0.15) is 0 Å². The number of β-amino-alcohol motifs (C(OH)–C–C–N with tert-alkyl or cyclic N) is 1. The molecule has 0 aromatic carbocycles. The maximum atomic E-state index is 9.73. The highest BCUT2D eigenvalue weighted by Gasteiger charge is 2.20. The second kappa shape index (κ2) is 4.64. The van der Waals surface area contributed by atoms with Gasteiger partial charge in [-0.05, 0) is 33.2 Å². The number of nitrogens with zero attached hydrogens (tertiary/aromatic N) is 3. The Kier molecular flexibility index (Phi) is 3.13. The molecule has 0 spiro atoms. The highest BCUT2D eigenvalue weighted by molar-refractivity contribution is 7.17. The van der Waals surface area contributed by atoms with Gasteiger partial charge in [0.2, 0.25) is 0 Å². The van der Waals surface area contributed by atoms with Crippen LogP contribution in [-0.4, -0.2) is 38.6 Å². The molecule has 1 unspecified atom stereocenters. The Morgan fingerprint density at radius 3 is 3.11 bits per heavy atom. The Labute approximate surface area is 111 Å². The van der Waals surface area contributed by atoms with Gasteiger partial charge >= 0.3 is 0 Å². The van der Waals surface area contributed by atoms with Crippen molar-refractivity contribution in [1.29, 1.82) is 0 Å². The molecule has 2 aromatic rings. The van der Waals surface area contributed by atoms with Crippen molar-refractivity contribution in [3.63, 3.8) is 0 Å². The summed E-state index contributed by atoms with van der Waals surface area (Å²) in [6.45, 7) is 6.94. The van der Waals surface area contributed by atoms with Crippen LogP contribution in [0.4, 0.5) is 0 Å². The number of aliphatic hydroxyl groups is 1. The summed E-state index contributed by atoms with van der Waals surface area (Å²) >= 11 is 1.73. The molecule has 1 saturated heterocycles. The minimum atomic E-state index is -0.160. The van der Waals surface area contributed by atoms with E-state index in [2.05, 4.69) is 34.3 Å². The number of piperidine rings is 1. The molecule has 3 heterocycles. The molecule has 3 rings (SSSR count). The van der Waals surface area contributed by atoms with Gasteiger partial charge in [-0.1, -0.05) is 0 Å². The average Bonchev–Trinajstić information content (AvgIpc) is 2.78. The lowest BCUT2D eigenvalue weighted by molar-refractivity contribution is 0.0660. The van der Waals surface area contributed by atoms with Crippen molar-refractivity contribution in [3.8, 4) is 0 Å². The number of aryl methyl sites for hydroxylation is 2. The molecule has 0 amide bonds. The molecule has 1 atom stereocenters. The highest BCUT2D eigenvalue weighted by Crippen LogP contribution is 2.22. The summed E-state index contributed by atoms with van der Waals surface area (Å²) in [7, 11) is 0. The number of thiazole rings is 1. The van der Waals surface area contributed by atoms with Crippen LogP contribution in [0.2, 0.25) is 0 Å². The molecule has 1 aliphatic rings. The van der Waals surface area contributed by atoms with Gasteiger partial charge in [-0.3, -0.25) is 9.30 Å². The van der Waals surface area contributed by atoms with Gasteiger partial charge in [0.05, 0.1) is 17.5 Å². The second-order valence-electron chi connectivity index (χ2n) is 5.17. The highest BCUT2D eigenvalue weighted by atomic mass is 32.1. The molecule has 5 heteroatoms. The van der Waals surface area contributed by atoms with E-state index in [1.807, 2.05) is 0 Å². The maximum absolute atomic E-state index is 9.73. The average molecular weight is 265 g/mol. The number of likely N-dealkylation sites (tertiary alicyclic amines) is 1. The molecule has 0 saturated carbocycles. The first-order chi connectivity index (χ1) is 8.63. The van der Waals surface area contributed by atoms with Crippen molar-refractivity contribution in [2.75, 3.05) is 13.1 Å². The van der Waals surface area contributed by atoms with Crippen LogP contribution in [0, 0.1) is 13.8 Å². The number of hydrogen-bond donors (Lipinski definition) is 1. The SMILES string of the molecule is Cc1cn2c(CN3CCCC(O)C3)c(C)nc2s1. The summed E-state index contributed by atoms with van der Waals surface area (Å²) in [5.74, 6) is 0. The molecule has 1 fully saturated rings. The van der Waals surface area contributed by atoms with Gasteiger partial charge in [0.25, 0.3) is 0 Å². The summed E-state index contributed by atoms with van der Waals surface area (Å²) in [5, 5.41) is 9.73. The number of hydrogen-bond acceptors (Lipinski definition) is 4. The molecule has 0 aliphatic carbocycles. The van der Waals surface area contributed by atoms with E-state index in [1.165, 1.54) is 10.6 Å². The maximum Gasteiger partial charge on any atom is 0.194 e. The van der Waals surface area contributed by atoms with Gasteiger partial charge in [0.15, 0.2) is 4.96 Å². The van der Waals surface area contributed by atoms with E-state index in [9.17, 15) is 5.11 Å². The molecule has 1 aliphatic heterocycles. The number of fused-ring (bicyclic) bond motifs is 1. The van der Waals surface area contributed by atoms with E-state index in [-0.39, 0.29) is 6.10 Å². The van der Waals surface area contributed by atoms with E-state index in [1.54, 1.807) is 11.3 Å². The quantitative estimate of drug-likeness (QED) is 0.902. The lowest BCUT2D eigenvalue weighted by Crippen LogP contribution is -2.38. The van der Waals surface area contributed by atoms with Crippen LogP contribution in [0.1, 0.15) is 29.1 Å². The summed E-state index contributed by atoms with van der Waals surface area (Å²) < 4.78 is 2.20. The second-order valence-corrected chi connectivity index (χ2v) is 6.38. The van der Waals surface area contributed by atoms with Crippen LogP contribution in [-0.2, 0) is 6.54 Å². The standard InChI is InChI=1S/C13H19N3OS/c1-9-6-16-12(10(2)14-13(16)18-9)8-15-5-3-4-11(17)7-15/h6,11,17H,3-5,7-8H2,1-2H3. The third-order valence-corrected chi connectivity index (χ3v) is 4.49. The molecule has 1 N–H and O–H groups in total. The topological polar surface area (TPSA) is 40.8 Å². The Hall–Kier alpha value is -0.910. The fourth-order valence-electron chi connectivity index (χ4n) is 2.69. The van der Waals surface area contributed by atoms with Gasteiger partial charge in [-0.25, -0.2) is 4.98 Å². The Bertz CT molecular complexity index is 560. The molecule has 4 nitrogen and oxygen atoms in total. The largest absolute Gasteiger partial charge is 0.392 e. The monoisotopic (exact) mass is 265 g/mol. The zero-order chi connectivity index (χ0) is 12.7. The third-order valence-electron chi connectivity index (χ3n) is 3.60. The van der Waals surface area contributed by atoms with Crippen LogP contribution in [0.15, 0.2) is 6.20 Å². The van der Waals surface area contributed by atoms with E-state index in [0.717, 1.165) is 43.1 Å². The molecule has 98 valence electrons. The molecule has 0 radical (unpaired) electrons. The summed E-state index contributed by atoms with van der Waals surface area (Å²) in [5.41, 5.74) is 2.38. The summed E-state index contributed by atoms with van der Waals surface area (Å²) in [4.78, 5) is 9.31. The molecule has 18 heavy (non-hydrogen) atoms. The van der Waals surface area contributed by atoms with Crippen molar-refractivity contribution in [2.45, 2.75) is 39.3 Å². The zero-order valence-electron chi connectivity index (χ0n) is 10.9. The smallest absolute Gasteiger partial charge is 0.194 e. The van der Waals surface area contributed by atoms with Crippen LogP contribution >= 0.6 is 11.3 Å². The van der Waals surface area contributed by atoms with Crippen LogP contribution < -0.4 is 0 Å². The van der Waals surface area contributed by atoms with Crippen molar-refractivity contribution in [2.24, 2.45) is 0 Å². The Balaban J connectivity index is 1.86. The number of rotatable bonds is 2. The van der Waals surface area contributed by atoms with E-state index in [0.29, 0.717) is 0 Å². The van der Waals surface area contributed by atoms with E-state index < -0.39 is 0 Å². The Morgan fingerprint density at radius 2 is 2.33 bits per heavy atom. The number of aliphatic hydroxyl groups excluding tert-OH is 1. The van der Waals surface area contributed by atoms with Gasteiger partial charge in [-0.2, -0.15) is 0 Å².